The van der Waals surface area contributed by atoms with Crippen molar-refractivity contribution in [3.63, 3.8) is 0 Å². The number of hydrogen-bond acceptors (Lipinski definition) is 12. The predicted octanol–water partition coefficient (Wildman–Crippen LogP) is -2.02. The third-order valence-corrected chi connectivity index (χ3v) is 7.00. The molecule has 0 bridgehead atoms. The molecule has 1 unspecified atom stereocenters. The Morgan fingerprint density at radius 1 is 1.46 bits per heavy atom. The number of ether oxygens (including phenoxy) is 1. The van der Waals surface area contributed by atoms with E-state index in [9.17, 15) is 37.3 Å². The third kappa shape index (κ3) is 5.60. The SMILES string of the molecule is CC1(N)NC(/C(=N/OC(C)(C)C(=O)O)C(=O)N[C@@H]2C(=O)N(S(=O)(=O)O)[C@@H]2CN2CCOC2=O)=CS1. The molecule has 0 aromatic heterocycles. The van der Waals surface area contributed by atoms with Gasteiger partial charge in [-0.05, 0) is 20.8 Å². The number of carboxylic acid groups (broad SMARTS) is 1. The Morgan fingerprint density at radius 3 is 2.60 bits per heavy atom. The first-order valence-corrected chi connectivity index (χ1v) is 12.3. The molecular formula is C17H24N6O10S2. The number of nitrogens with zero attached hydrogens (tertiary/aromatic N) is 3. The summed E-state index contributed by atoms with van der Waals surface area (Å²) in [7, 11) is -4.99. The lowest BCUT2D eigenvalue weighted by molar-refractivity contribution is -0.161. The van der Waals surface area contributed by atoms with Gasteiger partial charge in [0.15, 0.2) is 5.71 Å². The average molecular weight is 537 g/mol. The van der Waals surface area contributed by atoms with E-state index in [1.807, 2.05) is 0 Å². The Morgan fingerprint density at radius 2 is 2.11 bits per heavy atom. The first-order chi connectivity index (χ1) is 16.0. The van der Waals surface area contributed by atoms with Crippen LogP contribution >= 0.6 is 11.8 Å². The standard InChI is InChI=1S/C17H24N6O10S2/c1-16(2,14(26)27)33-21-10(8-7-34-17(3,18)20-8)12(24)19-11-9(6-22-4-5-32-15(22)28)23(13(11)25)35(29,30)31/h7,9,11,20H,4-6,18H2,1-3H3,(H,19,24)(H,26,27)(H,29,30,31)/b21-10-/t9-,11+,17?/m1/s1. The molecule has 0 spiro atoms. The number of aliphatic carboxylic acids is 1. The zero-order chi connectivity index (χ0) is 26.3. The van der Waals surface area contributed by atoms with E-state index in [0.29, 0.717) is 0 Å². The number of nitrogens with two attached hydrogens (primary N) is 1. The number of thioether (sulfide) groups is 1. The maximum Gasteiger partial charge on any atom is 0.410 e. The van der Waals surface area contributed by atoms with Crippen molar-refractivity contribution in [2.45, 2.75) is 43.5 Å². The van der Waals surface area contributed by atoms with Crippen LogP contribution in [0.2, 0.25) is 0 Å². The number of carbonyl (C=O) groups is 4. The second-order valence-corrected chi connectivity index (χ2v) is 11.0. The van der Waals surface area contributed by atoms with E-state index >= 15 is 0 Å². The van der Waals surface area contributed by atoms with Gasteiger partial charge in [0.1, 0.15) is 17.6 Å². The molecule has 0 radical (unpaired) electrons. The molecule has 3 amide bonds. The van der Waals surface area contributed by atoms with E-state index in [-0.39, 0.29) is 29.7 Å². The van der Waals surface area contributed by atoms with E-state index < -0.39 is 62.6 Å². The van der Waals surface area contributed by atoms with Crippen LogP contribution in [0, 0.1) is 0 Å². The van der Waals surface area contributed by atoms with E-state index in [2.05, 4.69) is 15.8 Å². The van der Waals surface area contributed by atoms with Crippen molar-refractivity contribution in [1.29, 1.82) is 0 Å². The Bertz CT molecular complexity index is 1120. The molecule has 35 heavy (non-hydrogen) atoms. The molecule has 0 saturated carbocycles. The molecule has 0 aromatic rings. The molecule has 194 valence electrons. The van der Waals surface area contributed by atoms with Gasteiger partial charge in [-0.1, -0.05) is 16.9 Å². The maximum atomic E-state index is 13.1. The summed E-state index contributed by atoms with van der Waals surface area (Å²) >= 11 is 1.08. The summed E-state index contributed by atoms with van der Waals surface area (Å²) < 4.78 is 37.7. The van der Waals surface area contributed by atoms with Gasteiger partial charge in [0.2, 0.25) is 5.60 Å². The van der Waals surface area contributed by atoms with Gasteiger partial charge >= 0.3 is 22.4 Å². The van der Waals surface area contributed by atoms with E-state index in [1.54, 1.807) is 6.92 Å². The quantitative estimate of drug-likeness (QED) is 0.0928. The van der Waals surface area contributed by atoms with Crippen LogP contribution in [0.5, 0.6) is 0 Å². The highest BCUT2D eigenvalue weighted by atomic mass is 32.2. The first-order valence-electron chi connectivity index (χ1n) is 10.0. The average Bonchev–Trinajstić information content (AvgIpc) is 3.29. The fourth-order valence-corrected chi connectivity index (χ4v) is 4.78. The maximum absolute atomic E-state index is 13.1. The molecule has 2 fully saturated rings. The highest BCUT2D eigenvalue weighted by molar-refractivity contribution is 8.03. The van der Waals surface area contributed by atoms with Crippen molar-refractivity contribution < 1.29 is 46.8 Å². The molecule has 16 nitrogen and oxygen atoms in total. The van der Waals surface area contributed by atoms with Gasteiger partial charge in [-0.2, -0.15) is 8.42 Å². The number of β-lactam (4-membered cyclic amide) rings is 1. The van der Waals surface area contributed by atoms with Crippen molar-refractivity contribution in [1.82, 2.24) is 19.8 Å². The number of oxime groups is 1. The molecule has 2 saturated heterocycles. The lowest BCUT2D eigenvalue weighted by atomic mass is 9.97. The van der Waals surface area contributed by atoms with Crippen LogP contribution in [0.1, 0.15) is 20.8 Å². The van der Waals surface area contributed by atoms with Gasteiger partial charge in [-0.15, -0.1) is 0 Å². The summed E-state index contributed by atoms with van der Waals surface area (Å²) in [5.74, 6) is -3.57. The van der Waals surface area contributed by atoms with Crippen molar-refractivity contribution in [3.8, 4) is 0 Å². The lowest BCUT2D eigenvalue weighted by Gasteiger charge is -2.45. The number of hydrogen-bond donors (Lipinski definition) is 5. The minimum Gasteiger partial charge on any atom is -0.478 e. The number of cyclic esters (lactones) is 1. The summed E-state index contributed by atoms with van der Waals surface area (Å²) in [6.45, 7) is 3.77. The zero-order valence-corrected chi connectivity index (χ0v) is 20.4. The Hall–Kier alpha value is -3.09. The highest BCUT2D eigenvalue weighted by Gasteiger charge is 2.55. The van der Waals surface area contributed by atoms with Gasteiger partial charge in [-0.25, -0.2) is 13.9 Å². The van der Waals surface area contributed by atoms with Gasteiger partial charge < -0.3 is 35.9 Å². The van der Waals surface area contributed by atoms with Gasteiger partial charge in [0.05, 0.1) is 18.3 Å². The molecule has 6 N–H and O–H groups in total. The molecule has 3 atom stereocenters. The van der Waals surface area contributed by atoms with Crippen LogP contribution in [0.25, 0.3) is 0 Å². The fourth-order valence-electron chi connectivity index (χ4n) is 3.20. The molecule has 3 aliphatic rings. The minimum absolute atomic E-state index is 0.0469. The topological polar surface area (TPSA) is 230 Å². The van der Waals surface area contributed by atoms with Crippen molar-refractivity contribution in [2.24, 2.45) is 10.9 Å². The number of nitrogens with one attached hydrogen (secondary N) is 2. The number of carboxylic acids is 1. The van der Waals surface area contributed by atoms with Crippen molar-refractivity contribution in [2.75, 3.05) is 19.7 Å². The molecule has 18 heteroatoms. The molecule has 3 heterocycles. The normalized spacial score (nSPS) is 27.1. The summed E-state index contributed by atoms with van der Waals surface area (Å²) in [4.78, 5) is 53.8. The van der Waals surface area contributed by atoms with Gasteiger partial charge in [0, 0.05) is 12.0 Å². The molecular weight excluding hydrogens is 512 g/mol. The summed E-state index contributed by atoms with van der Waals surface area (Å²) in [5.41, 5.74) is 3.72. The van der Waals surface area contributed by atoms with E-state index in [4.69, 9.17) is 15.3 Å². The van der Waals surface area contributed by atoms with Crippen LogP contribution in [0.3, 0.4) is 0 Å². The smallest absolute Gasteiger partial charge is 0.410 e. The van der Waals surface area contributed by atoms with Crippen molar-refractivity contribution >= 4 is 51.7 Å². The fraction of sp³-hybridized carbons (Fsp3) is 0.588. The van der Waals surface area contributed by atoms with Gasteiger partial charge in [-0.3, -0.25) is 14.1 Å². The van der Waals surface area contributed by atoms with E-state index in [0.717, 1.165) is 16.7 Å². The molecule has 3 rings (SSSR count). The Kier molecular flexibility index (Phi) is 6.95. The Balaban J connectivity index is 1.86. The van der Waals surface area contributed by atoms with Crippen molar-refractivity contribution in [3.05, 3.63) is 11.1 Å². The van der Waals surface area contributed by atoms with Crippen LogP contribution in [-0.2, 0) is 34.3 Å². The summed E-state index contributed by atoms with van der Waals surface area (Å²) in [5, 5.41) is 19.4. The van der Waals surface area contributed by atoms with Crippen LogP contribution in [-0.4, -0.2) is 99.2 Å². The van der Waals surface area contributed by atoms with E-state index in [1.165, 1.54) is 19.3 Å². The minimum atomic E-state index is -4.99. The molecule has 3 aliphatic heterocycles. The summed E-state index contributed by atoms with van der Waals surface area (Å²) in [6, 6.07) is -2.82. The second-order valence-electron chi connectivity index (χ2n) is 8.42. The van der Waals surface area contributed by atoms with Crippen LogP contribution < -0.4 is 16.4 Å². The number of amides is 3. The first kappa shape index (κ1) is 26.5. The number of carbonyl (C=O) groups excluding carboxylic acids is 3. The lowest BCUT2D eigenvalue weighted by Crippen LogP contribution is -2.74. The largest absolute Gasteiger partial charge is 0.478 e. The number of rotatable bonds is 9. The summed E-state index contributed by atoms with van der Waals surface area (Å²) in [6.07, 6.45) is -0.754. The highest BCUT2D eigenvalue weighted by Crippen LogP contribution is 2.29. The third-order valence-electron chi connectivity index (χ3n) is 5.11. The van der Waals surface area contributed by atoms with Gasteiger partial charge in [0.25, 0.3) is 11.8 Å². The Labute approximate surface area is 203 Å². The predicted molar refractivity (Wildman–Crippen MR) is 119 cm³/mol. The second kappa shape index (κ2) is 9.17. The van der Waals surface area contributed by atoms with Crippen LogP contribution in [0.15, 0.2) is 16.3 Å². The van der Waals surface area contributed by atoms with Crippen LogP contribution in [0.4, 0.5) is 4.79 Å². The monoisotopic (exact) mass is 536 g/mol. The molecule has 0 aromatic carbocycles. The molecule has 0 aliphatic carbocycles. The zero-order valence-electron chi connectivity index (χ0n) is 18.7.